The molecule has 0 aromatic heterocycles. The Kier molecular flexibility index (Phi) is 5.70. The number of hydrogen-bond acceptors (Lipinski definition) is 3. The summed E-state index contributed by atoms with van der Waals surface area (Å²) in [6, 6.07) is 5.88. The summed E-state index contributed by atoms with van der Waals surface area (Å²) in [5.74, 6) is 0.575. The zero-order chi connectivity index (χ0) is 16.3. The van der Waals surface area contributed by atoms with E-state index >= 15 is 0 Å². The maximum absolute atomic E-state index is 12.6. The van der Waals surface area contributed by atoms with Gasteiger partial charge in [0.25, 0.3) is 5.91 Å². The number of piperidine rings is 1. The van der Waals surface area contributed by atoms with Crippen molar-refractivity contribution in [1.82, 2.24) is 9.80 Å². The average Bonchev–Trinajstić information content (AvgIpc) is 2.50. The van der Waals surface area contributed by atoms with Crippen LogP contribution in [-0.4, -0.2) is 55.0 Å². The van der Waals surface area contributed by atoms with Gasteiger partial charge in [0, 0.05) is 13.1 Å². The van der Waals surface area contributed by atoms with E-state index in [1.165, 1.54) is 0 Å². The van der Waals surface area contributed by atoms with Crippen molar-refractivity contribution in [2.45, 2.75) is 38.8 Å². The van der Waals surface area contributed by atoms with E-state index in [1.807, 2.05) is 31.0 Å². The summed E-state index contributed by atoms with van der Waals surface area (Å²) in [4.78, 5) is 16.7. The van der Waals surface area contributed by atoms with Crippen LogP contribution in [0.1, 0.15) is 25.3 Å². The van der Waals surface area contributed by atoms with Crippen LogP contribution in [0.25, 0.3) is 0 Å². The molecule has 1 aliphatic rings. The fourth-order valence-electron chi connectivity index (χ4n) is 2.79. The van der Waals surface area contributed by atoms with Crippen LogP contribution < -0.4 is 4.74 Å². The number of ether oxygens (including phenoxy) is 1. The monoisotopic (exact) mass is 324 g/mol. The molecule has 1 heterocycles. The summed E-state index contributed by atoms with van der Waals surface area (Å²) >= 11 is 6.13. The van der Waals surface area contributed by atoms with Crippen molar-refractivity contribution in [3.63, 3.8) is 0 Å². The van der Waals surface area contributed by atoms with Crippen molar-refractivity contribution in [2.24, 2.45) is 0 Å². The molecular weight excluding hydrogens is 300 g/mol. The van der Waals surface area contributed by atoms with E-state index in [9.17, 15) is 4.79 Å². The van der Waals surface area contributed by atoms with Gasteiger partial charge in [-0.25, -0.2) is 0 Å². The number of amides is 1. The van der Waals surface area contributed by atoms with Crippen LogP contribution in [0.3, 0.4) is 0 Å². The molecule has 5 heteroatoms. The van der Waals surface area contributed by atoms with Gasteiger partial charge >= 0.3 is 0 Å². The summed E-state index contributed by atoms with van der Waals surface area (Å²) < 4.78 is 5.79. The smallest absolute Gasteiger partial charge is 0.263 e. The summed E-state index contributed by atoms with van der Waals surface area (Å²) in [5.41, 5.74) is 1.06. The number of likely N-dealkylation sites (tertiary alicyclic amines) is 1. The quantitative estimate of drug-likeness (QED) is 0.853. The molecule has 0 radical (unpaired) electrons. The third-order valence-electron chi connectivity index (χ3n) is 4.32. The number of carbonyl (C=O) groups excluding carboxylic acids is 1. The lowest BCUT2D eigenvalue weighted by Crippen LogP contribution is -2.48. The zero-order valence-corrected chi connectivity index (χ0v) is 14.6. The molecule has 1 fully saturated rings. The summed E-state index contributed by atoms with van der Waals surface area (Å²) in [6.07, 6.45) is 1.48. The first kappa shape index (κ1) is 17.1. The third-order valence-corrected chi connectivity index (χ3v) is 4.63. The molecule has 1 aromatic carbocycles. The Bertz CT molecular complexity index is 527. The Labute approximate surface area is 138 Å². The Morgan fingerprint density at radius 1 is 1.41 bits per heavy atom. The van der Waals surface area contributed by atoms with Crippen molar-refractivity contribution in [3.8, 4) is 5.75 Å². The summed E-state index contributed by atoms with van der Waals surface area (Å²) in [7, 11) is 3.99. The topological polar surface area (TPSA) is 32.8 Å². The molecule has 1 unspecified atom stereocenters. The molecule has 0 saturated carbocycles. The van der Waals surface area contributed by atoms with E-state index in [4.69, 9.17) is 16.3 Å². The van der Waals surface area contributed by atoms with Crippen LogP contribution in [-0.2, 0) is 4.79 Å². The van der Waals surface area contributed by atoms with Crippen LogP contribution in [0.5, 0.6) is 5.75 Å². The number of benzene rings is 1. The second-order valence-electron chi connectivity index (χ2n) is 6.18. The van der Waals surface area contributed by atoms with Gasteiger partial charge in [-0.3, -0.25) is 4.79 Å². The van der Waals surface area contributed by atoms with Crippen LogP contribution >= 0.6 is 11.6 Å². The second-order valence-corrected chi connectivity index (χ2v) is 6.58. The van der Waals surface area contributed by atoms with Gasteiger partial charge in [0.1, 0.15) is 5.75 Å². The molecule has 122 valence electrons. The van der Waals surface area contributed by atoms with Gasteiger partial charge in [0.15, 0.2) is 6.10 Å². The number of rotatable bonds is 4. The lowest BCUT2D eigenvalue weighted by atomic mass is 10.0. The highest BCUT2D eigenvalue weighted by molar-refractivity contribution is 6.32. The van der Waals surface area contributed by atoms with Gasteiger partial charge in [-0.1, -0.05) is 17.7 Å². The molecule has 0 N–H and O–H groups in total. The third kappa shape index (κ3) is 4.14. The largest absolute Gasteiger partial charge is 0.479 e. The molecular formula is C17H25ClN2O2. The van der Waals surface area contributed by atoms with Crippen molar-refractivity contribution < 1.29 is 9.53 Å². The maximum Gasteiger partial charge on any atom is 0.263 e. The van der Waals surface area contributed by atoms with Crippen molar-refractivity contribution in [3.05, 3.63) is 28.8 Å². The molecule has 1 amide bonds. The van der Waals surface area contributed by atoms with Gasteiger partial charge < -0.3 is 14.5 Å². The van der Waals surface area contributed by atoms with E-state index in [1.54, 1.807) is 13.0 Å². The lowest BCUT2D eigenvalue weighted by Gasteiger charge is -2.36. The van der Waals surface area contributed by atoms with Gasteiger partial charge in [-0.2, -0.15) is 0 Å². The highest BCUT2D eigenvalue weighted by atomic mass is 35.5. The fourth-order valence-corrected chi connectivity index (χ4v) is 2.95. The molecule has 0 bridgehead atoms. The second kappa shape index (κ2) is 7.34. The van der Waals surface area contributed by atoms with E-state index in [0.29, 0.717) is 16.8 Å². The first-order valence-electron chi connectivity index (χ1n) is 7.76. The molecule has 1 aliphatic heterocycles. The Hall–Kier alpha value is -1.26. The molecule has 22 heavy (non-hydrogen) atoms. The van der Waals surface area contributed by atoms with Gasteiger partial charge in [0.05, 0.1) is 5.02 Å². The minimum absolute atomic E-state index is 0.00660. The average molecular weight is 325 g/mol. The molecule has 1 atom stereocenters. The highest BCUT2D eigenvalue weighted by Gasteiger charge is 2.28. The molecule has 4 nitrogen and oxygen atoms in total. The Morgan fingerprint density at radius 3 is 2.68 bits per heavy atom. The predicted octanol–water partition coefficient (Wildman–Crippen LogP) is 2.97. The first-order chi connectivity index (χ1) is 10.4. The molecule has 1 aromatic rings. The molecule has 0 aliphatic carbocycles. The number of aryl methyl sites for hydroxylation is 1. The molecule has 2 rings (SSSR count). The number of likely N-dealkylation sites (N-methyl/N-ethyl adjacent to an activating group) is 1. The summed E-state index contributed by atoms with van der Waals surface area (Å²) in [6.45, 7) is 5.81. The predicted molar refractivity (Wildman–Crippen MR) is 89.6 cm³/mol. The normalized spacial score (nSPS) is 18.0. The van der Waals surface area contributed by atoms with E-state index in [-0.39, 0.29) is 5.91 Å². The number of hydrogen-bond donors (Lipinski definition) is 0. The minimum Gasteiger partial charge on any atom is -0.479 e. The summed E-state index contributed by atoms with van der Waals surface area (Å²) in [5, 5.41) is 0.534. The number of nitrogens with zero attached hydrogens (tertiary/aromatic N) is 2. The zero-order valence-electron chi connectivity index (χ0n) is 13.8. The van der Waals surface area contributed by atoms with E-state index in [0.717, 1.165) is 31.5 Å². The number of halogens is 1. The van der Waals surface area contributed by atoms with Crippen LogP contribution in [0.15, 0.2) is 18.2 Å². The SMILES string of the molecule is Cc1ccc(Cl)c(OC(C)C(=O)N(C)C2CCN(C)CC2)c1. The van der Waals surface area contributed by atoms with Crippen LogP contribution in [0, 0.1) is 6.92 Å². The van der Waals surface area contributed by atoms with Crippen molar-refractivity contribution >= 4 is 17.5 Å². The molecule has 0 spiro atoms. The Balaban J connectivity index is 1.98. The van der Waals surface area contributed by atoms with E-state index in [2.05, 4.69) is 11.9 Å². The standard InChI is InChI=1S/C17H25ClN2O2/c1-12-5-6-15(18)16(11-12)22-13(2)17(21)20(4)14-7-9-19(3)10-8-14/h5-6,11,13-14H,7-10H2,1-4H3. The van der Waals surface area contributed by atoms with Crippen LogP contribution in [0.2, 0.25) is 5.02 Å². The number of carbonyl (C=O) groups is 1. The fraction of sp³-hybridized carbons (Fsp3) is 0.588. The van der Waals surface area contributed by atoms with E-state index < -0.39 is 6.10 Å². The van der Waals surface area contributed by atoms with Gasteiger partial charge in [-0.05, 0) is 64.5 Å². The molecule has 1 saturated heterocycles. The van der Waals surface area contributed by atoms with Crippen LogP contribution in [0.4, 0.5) is 0 Å². The van der Waals surface area contributed by atoms with Gasteiger partial charge in [-0.15, -0.1) is 0 Å². The first-order valence-corrected chi connectivity index (χ1v) is 8.14. The van der Waals surface area contributed by atoms with Gasteiger partial charge in [0.2, 0.25) is 0 Å². The maximum atomic E-state index is 12.6. The lowest BCUT2D eigenvalue weighted by molar-refractivity contribution is -0.139. The van der Waals surface area contributed by atoms with Crippen molar-refractivity contribution in [2.75, 3.05) is 27.2 Å². The Morgan fingerprint density at radius 2 is 2.05 bits per heavy atom. The minimum atomic E-state index is -0.538. The highest BCUT2D eigenvalue weighted by Crippen LogP contribution is 2.27. The van der Waals surface area contributed by atoms with Crippen molar-refractivity contribution in [1.29, 1.82) is 0 Å².